The predicted molar refractivity (Wildman–Crippen MR) is 54.0 cm³/mol. The Morgan fingerprint density at radius 3 is 2.25 bits per heavy atom. The molecule has 0 aromatic rings. The summed E-state index contributed by atoms with van der Waals surface area (Å²) >= 11 is 0. The zero-order valence-electron chi connectivity index (χ0n) is 9.93. The Kier molecular flexibility index (Phi) is 5.96. The van der Waals surface area contributed by atoms with Crippen LogP contribution >= 0.6 is 0 Å². The van der Waals surface area contributed by atoms with Crippen molar-refractivity contribution in [1.29, 1.82) is 0 Å². The SMILES string of the molecule is COCC[N+](C)(C)CCCC(=O)C(F)(F)F. The molecule has 0 aliphatic carbocycles. The van der Waals surface area contributed by atoms with Crippen molar-refractivity contribution in [3.63, 3.8) is 0 Å². The summed E-state index contributed by atoms with van der Waals surface area (Å²) < 4.78 is 41.1. The van der Waals surface area contributed by atoms with Gasteiger partial charge in [0.25, 0.3) is 0 Å². The number of hydrogen-bond acceptors (Lipinski definition) is 2. The average Bonchev–Trinajstić information content (AvgIpc) is 2.13. The first-order valence-electron chi connectivity index (χ1n) is 5.10. The molecule has 0 radical (unpaired) electrons. The molecule has 16 heavy (non-hydrogen) atoms. The van der Waals surface area contributed by atoms with Gasteiger partial charge in [0, 0.05) is 20.0 Å². The van der Waals surface area contributed by atoms with E-state index in [2.05, 4.69) is 0 Å². The topological polar surface area (TPSA) is 26.3 Å². The van der Waals surface area contributed by atoms with Crippen LogP contribution < -0.4 is 0 Å². The molecule has 0 saturated heterocycles. The summed E-state index contributed by atoms with van der Waals surface area (Å²) in [5.74, 6) is -1.64. The van der Waals surface area contributed by atoms with Crippen molar-refractivity contribution in [3.8, 4) is 0 Å². The number of rotatable bonds is 7. The fourth-order valence-electron chi connectivity index (χ4n) is 1.26. The van der Waals surface area contributed by atoms with Gasteiger partial charge in [-0.3, -0.25) is 4.79 Å². The molecule has 0 heterocycles. The van der Waals surface area contributed by atoms with E-state index >= 15 is 0 Å². The number of ether oxygens (including phenoxy) is 1. The number of methoxy groups -OCH3 is 1. The van der Waals surface area contributed by atoms with Crippen LogP contribution in [0.15, 0.2) is 0 Å². The first-order chi connectivity index (χ1) is 7.19. The van der Waals surface area contributed by atoms with Crippen LogP contribution in [-0.4, -0.2) is 57.3 Å². The van der Waals surface area contributed by atoms with Crippen molar-refractivity contribution in [2.45, 2.75) is 19.0 Å². The van der Waals surface area contributed by atoms with Crippen molar-refractivity contribution in [1.82, 2.24) is 0 Å². The largest absolute Gasteiger partial charge is 0.449 e. The molecule has 0 aliphatic heterocycles. The molecule has 6 heteroatoms. The molecule has 96 valence electrons. The summed E-state index contributed by atoms with van der Waals surface area (Å²) in [6.07, 6.45) is -4.88. The second kappa shape index (κ2) is 6.20. The molecular formula is C10H19F3NO2+. The highest BCUT2D eigenvalue weighted by Gasteiger charge is 2.37. The molecule has 0 unspecified atom stereocenters. The zero-order chi connectivity index (χ0) is 12.8. The fourth-order valence-corrected chi connectivity index (χ4v) is 1.26. The number of Topliss-reactive ketones (excluding diaryl/α,β-unsaturated/α-hetero) is 1. The van der Waals surface area contributed by atoms with Gasteiger partial charge in [0.1, 0.15) is 6.54 Å². The van der Waals surface area contributed by atoms with Gasteiger partial charge in [-0.25, -0.2) is 0 Å². The lowest BCUT2D eigenvalue weighted by Crippen LogP contribution is -2.43. The number of quaternary nitrogens is 1. The van der Waals surface area contributed by atoms with Crippen LogP contribution in [0, 0.1) is 0 Å². The molecular weight excluding hydrogens is 223 g/mol. The molecule has 0 aromatic heterocycles. The third-order valence-electron chi connectivity index (χ3n) is 2.38. The highest BCUT2D eigenvalue weighted by Crippen LogP contribution is 2.19. The van der Waals surface area contributed by atoms with Crippen LogP contribution in [0.25, 0.3) is 0 Å². The van der Waals surface area contributed by atoms with Gasteiger partial charge in [0.2, 0.25) is 5.78 Å². The normalized spacial score (nSPS) is 12.9. The van der Waals surface area contributed by atoms with Gasteiger partial charge in [-0.15, -0.1) is 0 Å². The lowest BCUT2D eigenvalue weighted by Gasteiger charge is -2.29. The molecule has 0 aromatic carbocycles. The summed E-state index contributed by atoms with van der Waals surface area (Å²) in [5, 5.41) is 0. The van der Waals surface area contributed by atoms with Crippen molar-refractivity contribution in [3.05, 3.63) is 0 Å². The molecule has 3 nitrogen and oxygen atoms in total. The number of likely N-dealkylation sites (N-methyl/N-ethyl adjacent to an activating group) is 1. The number of carbonyl (C=O) groups excluding carboxylic acids is 1. The van der Waals surface area contributed by atoms with Crippen molar-refractivity contribution in [2.75, 3.05) is 40.9 Å². The van der Waals surface area contributed by atoms with Gasteiger partial charge in [-0.1, -0.05) is 0 Å². The fraction of sp³-hybridized carbons (Fsp3) is 0.900. The summed E-state index contributed by atoms with van der Waals surface area (Å²) in [7, 11) is 5.38. The molecule has 0 spiro atoms. The average molecular weight is 242 g/mol. The van der Waals surface area contributed by atoms with Crippen LogP contribution in [-0.2, 0) is 9.53 Å². The Labute approximate surface area is 93.8 Å². The van der Waals surface area contributed by atoms with Crippen LogP contribution in [0.4, 0.5) is 13.2 Å². The molecule has 0 rings (SSSR count). The minimum Gasteiger partial charge on any atom is -0.379 e. The summed E-state index contributed by atoms with van der Waals surface area (Å²) in [5.41, 5.74) is 0. The quantitative estimate of drug-likeness (QED) is 0.634. The van der Waals surface area contributed by atoms with E-state index in [0.29, 0.717) is 17.6 Å². The maximum absolute atomic E-state index is 11.9. The molecule has 0 saturated carbocycles. The van der Waals surface area contributed by atoms with Gasteiger partial charge < -0.3 is 9.22 Å². The highest BCUT2D eigenvalue weighted by atomic mass is 19.4. The number of carbonyl (C=O) groups is 1. The number of nitrogens with zero attached hydrogens (tertiary/aromatic N) is 1. The Morgan fingerprint density at radius 2 is 1.81 bits per heavy atom. The smallest absolute Gasteiger partial charge is 0.379 e. The van der Waals surface area contributed by atoms with E-state index in [1.807, 2.05) is 14.1 Å². The highest BCUT2D eigenvalue weighted by molar-refractivity contribution is 5.83. The summed E-state index contributed by atoms with van der Waals surface area (Å²) in [6.45, 7) is 1.81. The van der Waals surface area contributed by atoms with Crippen LogP contribution in [0.5, 0.6) is 0 Å². The van der Waals surface area contributed by atoms with Gasteiger partial charge in [-0.2, -0.15) is 13.2 Å². The lowest BCUT2D eigenvalue weighted by atomic mass is 10.2. The van der Waals surface area contributed by atoms with E-state index in [1.54, 1.807) is 7.11 Å². The van der Waals surface area contributed by atoms with Crippen LogP contribution in [0.3, 0.4) is 0 Å². The van der Waals surface area contributed by atoms with Gasteiger partial charge in [0.15, 0.2) is 0 Å². The molecule has 0 amide bonds. The van der Waals surface area contributed by atoms with Crippen molar-refractivity contribution < 1.29 is 27.2 Å². The summed E-state index contributed by atoms with van der Waals surface area (Å²) in [6, 6.07) is 0. The van der Waals surface area contributed by atoms with Crippen LogP contribution in [0.2, 0.25) is 0 Å². The third kappa shape index (κ3) is 6.79. The second-order valence-corrected chi connectivity index (χ2v) is 4.40. The zero-order valence-corrected chi connectivity index (χ0v) is 9.93. The summed E-state index contributed by atoms with van der Waals surface area (Å²) in [4.78, 5) is 10.6. The van der Waals surface area contributed by atoms with E-state index in [9.17, 15) is 18.0 Å². The van der Waals surface area contributed by atoms with Crippen molar-refractivity contribution in [2.24, 2.45) is 0 Å². The Balaban J connectivity index is 3.85. The standard InChI is InChI=1S/C10H19F3NO2/c1-14(2,7-8-16-3)6-4-5-9(15)10(11,12)13/h4-8H2,1-3H3/q+1. The van der Waals surface area contributed by atoms with Gasteiger partial charge in [0.05, 0.1) is 27.2 Å². The number of alkyl halides is 3. The second-order valence-electron chi connectivity index (χ2n) is 4.40. The Bertz CT molecular complexity index is 227. The lowest BCUT2D eigenvalue weighted by molar-refractivity contribution is -0.890. The first kappa shape index (κ1) is 15.4. The molecule has 0 aliphatic rings. The van der Waals surface area contributed by atoms with E-state index < -0.39 is 18.4 Å². The van der Waals surface area contributed by atoms with E-state index in [4.69, 9.17) is 4.74 Å². The van der Waals surface area contributed by atoms with E-state index in [1.165, 1.54) is 0 Å². The number of ketones is 1. The van der Waals surface area contributed by atoms with Gasteiger partial charge in [-0.05, 0) is 0 Å². The molecule has 0 atom stereocenters. The van der Waals surface area contributed by atoms with Crippen LogP contribution in [0.1, 0.15) is 12.8 Å². The minimum atomic E-state index is -4.69. The predicted octanol–water partition coefficient (Wildman–Crippen LogP) is 1.62. The maximum Gasteiger partial charge on any atom is 0.449 e. The number of halogens is 3. The van der Waals surface area contributed by atoms with Crippen molar-refractivity contribution >= 4 is 5.78 Å². The molecule has 0 N–H and O–H groups in total. The maximum atomic E-state index is 11.9. The minimum absolute atomic E-state index is 0.245. The molecule has 0 fully saturated rings. The van der Waals surface area contributed by atoms with E-state index in [-0.39, 0.29) is 6.42 Å². The first-order valence-corrected chi connectivity index (χ1v) is 5.10. The third-order valence-corrected chi connectivity index (χ3v) is 2.38. The van der Waals surface area contributed by atoms with Gasteiger partial charge >= 0.3 is 6.18 Å². The monoisotopic (exact) mass is 242 g/mol. The Morgan fingerprint density at radius 1 is 1.25 bits per heavy atom. The number of hydrogen-bond donors (Lipinski definition) is 0. The van der Waals surface area contributed by atoms with E-state index in [0.717, 1.165) is 6.54 Å². The molecule has 0 bridgehead atoms. The Hall–Kier alpha value is -0.620.